The lowest BCUT2D eigenvalue weighted by atomic mass is 10.2. The molecule has 0 aliphatic rings. The van der Waals surface area contributed by atoms with Crippen molar-refractivity contribution in [3.05, 3.63) is 59.7 Å². The van der Waals surface area contributed by atoms with E-state index in [1.165, 1.54) is 31.2 Å². The van der Waals surface area contributed by atoms with E-state index in [1.807, 2.05) is 19.1 Å². The van der Waals surface area contributed by atoms with Crippen molar-refractivity contribution in [3.8, 4) is 5.75 Å². The molecule has 2 N–H and O–H groups in total. The standard InChI is InChI=1S/C17H17NO4/c1-11-3-7-14(8-4-11)18-16(20)12(2)22-17(21)13-5-9-15(19)10-6-13/h3-10,12,19H,1-2H3,(H,18,20)/t12-/m0/s1. The molecule has 0 aliphatic carbocycles. The highest BCUT2D eigenvalue weighted by molar-refractivity contribution is 5.97. The average Bonchev–Trinajstić information content (AvgIpc) is 2.50. The molecular weight excluding hydrogens is 282 g/mol. The van der Waals surface area contributed by atoms with Crippen LogP contribution in [0, 0.1) is 6.92 Å². The maximum absolute atomic E-state index is 12.0. The summed E-state index contributed by atoms with van der Waals surface area (Å²) in [6.45, 7) is 3.45. The third-order valence-electron chi connectivity index (χ3n) is 3.08. The van der Waals surface area contributed by atoms with E-state index in [4.69, 9.17) is 4.74 Å². The molecule has 0 aliphatic heterocycles. The average molecular weight is 299 g/mol. The van der Waals surface area contributed by atoms with Gasteiger partial charge in [0, 0.05) is 5.69 Å². The lowest BCUT2D eigenvalue weighted by molar-refractivity contribution is -0.123. The van der Waals surface area contributed by atoms with Gasteiger partial charge in [-0.25, -0.2) is 4.79 Å². The van der Waals surface area contributed by atoms with Crippen molar-refractivity contribution in [1.82, 2.24) is 0 Å². The number of benzene rings is 2. The summed E-state index contributed by atoms with van der Waals surface area (Å²) in [7, 11) is 0. The lowest BCUT2D eigenvalue weighted by Gasteiger charge is -2.13. The van der Waals surface area contributed by atoms with Crippen LogP contribution in [0.1, 0.15) is 22.8 Å². The molecule has 0 spiro atoms. The number of hydrogen-bond acceptors (Lipinski definition) is 4. The molecule has 2 aromatic carbocycles. The zero-order chi connectivity index (χ0) is 16.1. The molecule has 2 aromatic rings. The lowest BCUT2D eigenvalue weighted by Crippen LogP contribution is -2.29. The molecule has 5 nitrogen and oxygen atoms in total. The van der Waals surface area contributed by atoms with Crippen molar-refractivity contribution in [3.63, 3.8) is 0 Å². The van der Waals surface area contributed by atoms with Gasteiger partial charge in [0.1, 0.15) is 5.75 Å². The first-order valence-corrected chi connectivity index (χ1v) is 6.83. The molecule has 0 fully saturated rings. The van der Waals surface area contributed by atoms with Gasteiger partial charge in [0.2, 0.25) is 0 Å². The highest BCUT2D eigenvalue weighted by atomic mass is 16.5. The number of ether oxygens (including phenoxy) is 1. The fraction of sp³-hybridized carbons (Fsp3) is 0.176. The van der Waals surface area contributed by atoms with Crippen LogP contribution in [0.2, 0.25) is 0 Å². The molecule has 22 heavy (non-hydrogen) atoms. The van der Waals surface area contributed by atoms with Crippen LogP contribution in [0.3, 0.4) is 0 Å². The van der Waals surface area contributed by atoms with Gasteiger partial charge in [-0.15, -0.1) is 0 Å². The van der Waals surface area contributed by atoms with Gasteiger partial charge in [0.15, 0.2) is 6.10 Å². The molecule has 0 bridgehead atoms. The van der Waals surface area contributed by atoms with E-state index in [0.717, 1.165) is 5.56 Å². The first kappa shape index (κ1) is 15.6. The van der Waals surface area contributed by atoms with Crippen LogP contribution in [0.5, 0.6) is 5.75 Å². The summed E-state index contributed by atoms with van der Waals surface area (Å²) >= 11 is 0. The Kier molecular flexibility index (Phi) is 4.78. The first-order valence-electron chi connectivity index (χ1n) is 6.83. The number of amides is 1. The second-order valence-corrected chi connectivity index (χ2v) is 4.95. The van der Waals surface area contributed by atoms with Crippen LogP contribution in [-0.2, 0) is 9.53 Å². The predicted octanol–water partition coefficient (Wildman–Crippen LogP) is 2.88. The summed E-state index contributed by atoms with van der Waals surface area (Å²) in [4.78, 5) is 23.9. The number of aryl methyl sites for hydroxylation is 1. The van der Waals surface area contributed by atoms with Gasteiger partial charge < -0.3 is 15.2 Å². The summed E-state index contributed by atoms with van der Waals surface area (Å²) in [5.74, 6) is -0.968. The van der Waals surface area contributed by atoms with Crippen LogP contribution >= 0.6 is 0 Å². The highest BCUT2D eigenvalue weighted by Gasteiger charge is 2.19. The Labute approximate surface area is 128 Å². The van der Waals surface area contributed by atoms with Crippen molar-refractivity contribution in [2.24, 2.45) is 0 Å². The number of esters is 1. The van der Waals surface area contributed by atoms with Crippen LogP contribution < -0.4 is 5.32 Å². The molecule has 0 aromatic heterocycles. The minimum atomic E-state index is -0.928. The second kappa shape index (κ2) is 6.76. The molecule has 5 heteroatoms. The zero-order valence-corrected chi connectivity index (χ0v) is 12.4. The molecule has 1 amide bonds. The molecular formula is C17H17NO4. The number of nitrogens with one attached hydrogen (secondary N) is 1. The van der Waals surface area contributed by atoms with Crippen LogP contribution in [0.15, 0.2) is 48.5 Å². The quantitative estimate of drug-likeness (QED) is 0.851. The van der Waals surface area contributed by atoms with Gasteiger partial charge in [-0.05, 0) is 50.2 Å². The Morgan fingerprint density at radius 2 is 1.64 bits per heavy atom. The van der Waals surface area contributed by atoms with Gasteiger partial charge in [0.25, 0.3) is 5.91 Å². The Morgan fingerprint density at radius 3 is 2.23 bits per heavy atom. The summed E-state index contributed by atoms with van der Waals surface area (Å²) < 4.78 is 5.10. The molecule has 0 unspecified atom stereocenters. The van der Waals surface area contributed by atoms with Crippen molar-refractivity contribution in [2.45, 2.75) is 20.0 Å². The highest BCUT2D eigenvalue weighted by Crippen LogP contribution is 2.13. The molecule has 114 valence electrons. The maximum atomic E-state index is 12.0. The van der Waals surface area contributed by atoms with Crippen molar-refractivity contribution in [2.75, 3.05) is 5.32 Å². The fourth-order valence-electron chi connectivity index (χ4n) is 1.76. The topological polar surface area (TPSA) is 75.6 Å². The van der Waals surface area contributed by atoms with Crippen LogP contribution in [0.25, 0.3) is 0 Å². The smallest absolute Gasteiger partial charge is 0.338 e. The molecule has 0 radical (unpaired) electrons. The van der Waals surface area contributed by atoms with Crippen molar-refractivity contribution >= 4 is 17.6 Å². The fourth-order valence-corrected chi connectivity index (χ4v) is 1.76. The van der Waals surface area contributed by atoms with Crippen LogP contribution in [-0.4, -0.2) is 23.1 Å². The van der Waals surface area contributed by atoms with Gasteiger partial charge in [-0.1, -0.05) is 17.7 Å². The summed E-state index contributed by atoms with van der Waals surface area (Å²) in [6, 6.07) is 12.9. The first-order chi connectivity index (χ1) is 10.5. The Bertz CT molecular complexity index is 662. The summed E-state index contributed by atoms with van der Waals surface area (Å²) in [5, 5.41) is 11.9. The number of carbonyl (C=O) groups excluding carboxylic acids is 2. The van der Waals surface area contributed by atoms with Gasteiger partial charge in [-0.3, -0.25) is 4.79 Å². The molecule has 0 saturated carbocycles. The van der Waals surface area contributed by atoms with E-state index in [1.54, 1.807) is 12.1 Å². The third-order valence-corrected chi connectivity index (χ3v) is 3.08. The van der Waals surface area contributed by atoms with Crippen molar-refractivity contribution in [1.29, 1.82) is 0 Å². The number of phenolic OH excluding ortho intramolecular Hbond substituents is 1. The molecule has 0 heterocycles. The number of phenols is 1. The second-order valence-electron chi connectivity index (χ2n) is 4.95. The Morgan fingerprint density at radius 1 is 1.05 bits per heavy atom. The summed E-state index contributed by atoms with van der Waals surface area (Å²) in [6.07, 6.45) is -0.928. The monoisotopic (exact) mass is 299 g/mol. The predicted molar refractivity (Wildman–Crippen MR) is 82.8 cm³/mol. The Hall–Kier alpha value is -2.82. The molecule has 0 saturated heterocycles. The van der Waals surface area contributed by atoms with Gasteiger partial charge in [0.05, 0.1) is 5.56 Å². The van der Waals surface area contributed by atoms with E-state index in [2.05, 4.69) is 5.32 Å². The van der Waals surface area contributed by atoms with E-state index in [9.17, 15) is 14.7 Å². The van der Waals surface area contributed by atoms with Gasteiger partial charge in [-0.2, -0.15) is 0 Å². The number of anilines is 1. The zero-order valence-electron chi connectivity index (χ0n) is 12.4. The minimum Gasteiger partial charge on any atom is -0.508 e. The van der Waals surface area contributed by atoms with Crippen molar-refractivity contribution < 1.29 is 19.4 Å². The minimum absolute atomic E-state index is 0.0571. The summed E-state index contributed by atoms with van der Waals surface area (Å²) in [5.41, 5.74) is 2.00. The normalized spacial score (nSPS) is 11.5. The Balaban J connectivity index is 1.94. The number of carbonyl (C=O) groups is 2. The van der Waals surface area contributed by atoms with E-state index < -0.39 is 18.0 Å². The largest absolute Gasteiger partial charge is 0.508 e. The van der Waals surface area contributed by atoms with Crippen LogP contribution in [0.4, 0.5) is 5.69 Å². The number of hydrogen-bond donors (Lipinski definition) is 2. The molecule has 2 rings (SSSR count). The number of rotatable bonds is 4. The van der Waals surface area contributed by atoms with E-state index in [-0.39, 0.29) is 11.3 Å². The van der Waals surface area contributed by atoms with Gasteiger partial charge >= 0.3 is 5.97 Å². The van der Waals surface area contributed by atoms with E-state index >= 15 is 0 Å². The SMILES string of the molecule is Cc1ccc(NC(=O)[C@H](C)OC(=O)c2ccc(O)cc2)cc1. The third kappa shape index (κ3) is 4.09. The van der Waals surface area contributed by atoms with E-state index in [0.29, 0.717) is 5.69 Å². The maximum Gasteiger partial charge on any atom is 0.338 e. The number of aromatic hydroxyl groups is 1. The molecule has 1 atom stereocenters.